The summed E-state index contributed by atoms with van der Waals surface area (Å²) in [6.45, 7) is 1.90. The molecule has 0 saturated carbocycles. The number of carbonyl (C=O) groups excluding carboxylic acids is 1. The van der Waals surface area contributed by atoms with E-state index in [1.807, 2.05) is 25.1 Å². The molecule has 0 spiro atoms. The van der Waals surface area contributed by atoms with Gasteiger partial charge >= 0.3 is 0 Å². The Kier molecular flexibility index (Phi) is 2.40. The molecular weight excluding hydrogens is 210 g/mol. The first kappa shape index (κ1) is 10.0. The minimum atomic E-state index is -0.286. The maximum absolute atomic E-state index is 11.0. The van der Waals surface area contributed by atoms with E-state index >= 15 is 0 Å². The number of nitrogens with zero attached hydrogens (tertiary/aromatic N) is 2. The van der Waals surface area contributed by atoms with Crippen molar-refractivity contribution < 1.29 is 4.79 Å². The SMILES string of the molecule is Cc1nc2ccc(N(C)C(=O)S)cc2[nH]1. The van der Waals surface area contributed by atoms with Crippen LogP contribution in [-0.4, -0.2) is 22.3 Å². The van der Waals surface area contributed by atoms with E-state index in [-0.39, 0.29) is 5.24 Å². The van der Waals surface area contributed by atoms with Gasteiger partial charge in [0.25, 0.3) is 5.24 Å². The average molecular weight is 221 g/mol. The molecule has 2 rings (SSSR count). The number of rotatable bonds is 1. The van der Waals surface area contributed by atoms with Gasteiger partial charge in [-0.05, 0) is 25.1 Å². The van der Waals surface area contributed by atoms with Crippen LogP contribution in [0.4, 0.5) is 10.5 Å². The van der Waals surface area contributed by atoms with Gasteiger partial charge in [-0.2, -0.15) is 0 Å². The Morgan fingerprint density at radius 1 is 1.53 bits per heavy atom. The molecule has 0 fully saturated rings. The molecule has 0 radical (unpaired) electrons. The van der Waals surface area contributed by atoms with Crippen LogP contribution in [0.5, 0.6) is 0 Å². The number of aromatic amines is 1. The van der Waals surface area contributed by atoms with Crippen LogP contribution in [0.2, 0.25) is 0 Å². The van der Waals surface area contributed by atoms with Crippen molar-refractivity contribution in [2.45, 2.75) is 6.92 Å². The minimum absolute atomic E-state index is 0.286. The number of imidazole rings is 1. The highest BCUT2D eigenvalue weighted by atomic mass is 32.1. The second kappa shape index (κ2) is 3.58. The molecule has 2 aromatic rings. The largest absolute Gasteiger partial charge is 0.342 e. The number of hydrogen-bond donors (Lipinski definition) is 2. The number of fused-ring (bicyclic) bond motifs is 1. The third kappa shape index (κ3) is 1.83. The summed E-state index contributed by atoms with van der Waals surface area (Å²) in [6, 6.07) is 5.60. The highest BCUT2D eigenvalue weighted by molar-refractivity contribution is 7.96. The Bertz CT molecular complexity index is 520. The molecule has 0 bridgehead atoms. The van der Waals surface area contributed by atoms with E-state index in [0.717, 1.165) is 22.5 Å². The van der Waals surface area contributed by atoms with Crippen LogP contribution in [0.3, 0.4) is 0 Å². The van der Waals surface area contributed by atoms with Crippen molar-refractivity contribution in [3.05, 3.63) is 24.0 Å². The maximum atomic E-state index is 11.0. The van der Waals surface area contributed by atoms with Crippen molar-refractivity contribution in [3.8, 4) is 0 Å². The van der Waals surface area contributed by atoms with E-state index < -0.39 is 0 Å². The molecular formula is C10H11N3OS. The number of aryl methyl sites for hydroxylation is 1. The number of benzene rings is 1. The van der Waals surface area contributed by atoms with Crippen LogP contribution in [0.1, 0.15) is 5.82 Å². The van der Waals surface area contributed by atoms with Crippen LogP contribution in [0.25, 0.3) is 11.0 Å². The number of aromatic nitrogens is 2. The van der Waals surface area contributed by atoms with Crippen LogP contribution >= 0.6 is 12.6 Å². The molecule has 1 aromatic heterocycles. The van der Waals surface area contributed by atoms with Crippen LogP contribution < -0.4 is 4.90 Å². The molecule has 0 atom stereocenters. The molecule has 0 aliphatic carbocycles. The summed E-state index contributed by atoms with van der Waals surface area (Å²) in [4.78, 5) is 19.9. The molecule has 0 aliphatic rings. The Balaban J connectivity index is 2.50. The summed E-state index contributed by atoms with van der Waals surface area (Å²) in [5.74, 6) is 0.863. The number of anilines is 1. The normalized spacial score (nSPS) is 10.6. The van der Waals surface area contributed by atoms with Crippen molar-refractivity contribution >= 4 is 34.6 Å². The van der Waals surface area contributed by atoms with Gasteiger partial charge in [-0.25, -0.2) is 4.98 Å². The van der Waals surface area contributed by atoms with Crippen molar-refractivity contribution in [1.82, 2.24) is 9.97 Å². The molecule has 0 saturated heterocycles. The fourth-order valence-corrected chi connectivity index (χ4v) is 1.56. The van der Waals surface area contributed by atoms with Gasteiger partial charge in [-0.3, -0.25) is 4.79 Å². The highest BCUT2D eigenvalue weighted by Gasteiger charge is 2.07. The number of carbonyl (C=O) groups is 1. The molecule has 0 aliphatic heterocycles. The van der Waals surface area contributed by atoms with E-state index in [0.29, 0.717) is 0 Å². The lowest BCUT2D eigenvalue weighted by atomic mass is 10.2. The van der Waals surface area contributed by atoms with Crippen molar-refractivity contribution in [2.75, 3.05) is 11.9 Å². The van der Waals surface area contributed by atoms with Gasteiger partial charge in [-0.1, -0.05) is 12.6 Å². The van der Waals surface area contributed by atoms with Crippen molar-refractivity contribution in [2.24, 2.45) is 0 Å². The van der Waals surface area contributed by atoms with Crippen molar-refractivity contribution in [1.29, 1.82) is 0 Å². The van der Waals surface area contributed by atoms with E-state index in [1.54, 1.807) is 7.05 Å². The summed E-state index contributed by atoms with van der Waals surface area (Å²) < 4.78 is 0. The monoisotopic (exact) mass is 221 g/mol. The van der Waals surface area contributed by atoms with Gasteiger partial charge in [-0.15, -0.1) is 0 Å². The molecule has 1 N–H and O–H groups in total. The Morgan fingerprint density at radius 3 is 2.93 bits per heavy atom. The van der Waals surface area contributed by atoms with E-state index in [1.165, 1.54) is 4.90 Å². The number of hydrogen-bond acceptors (Lipinski definition) is 2. The third-order valence-electron chi connectivity index (χ3n) is 2.26. The average Bonchev–Trinajstić information content (AvgIpc) is 2.55. The van der Waals surface area contributed by atoms with Crippen LogP contribution in [0.15, 0.2) is 18.2 Å². The van der Waals surface area contributed by atoms with E-state index in [9.17, 15) is 4.79 Å². The van der Waals surface area contributed by atoms with E-state index in [4.69, 9.17) is 0 Å². The molecule has 0 unspecified atom stereocenters. The molecule has 1 aromatic carbocycles. The molecule has 4 nitrogen and oxygen atoms in total. The standard InChI is InChI=1S/C10H11N3OS/c1-6-11-8-4-3-7(5-9(8)12-6)13(2)10(14)15/h3-5H,1-2H3,(H,11,12)(H,14,15). The quantitative estimate of drug-likeness (QED) is 0.726. The van der Waals surface area contributed by atoms with Crippen LogP contribution in [0, 0.1) is 6.92 Å². The predicted octanol–water partition coefficient (Wildman–Crippen LogP) is 2.36. The van der Waals surface area contributed by atoms with Gasteiger partial charge < -0.3 is 9.88 Å². The molecule has 1 heterocycles. The lowest BCUT2D eigenvalue weighted by molar-refractivity contribution is 0.266. The molecule has 15 heavy (non-hydrogen) atoms. The zero-order valence-electron chi connectivity index (χ0n) is 8.48. The zero-order valence-corrected chi connectivity index (χ0v) is 9.38. The summed E-state index contributed by atoms with van der Waals surface area (Å²) >= 11 is 3.77. The lowest BCUT2D eigenvalue weighted by Crippen LogP contribution is -2.19. The second-order valence-electron chi connectivity index (χ2n) is 3.37. The maximum Gasteiger partial charge on any atom is 0.282 e. The lowest BCUT2D eigenvalue weighted by Gasteiger charge is -2.13. The van der Waals surface area contributed by atoms with Gasteiger partial charge in [0.15, 0.2) is 0 Å². The fourth-order valence-electron chi connectivity index (χ4n) is 1.44. The first-order valence-corrected chi connectivity index (χ1v) is 4.95. The predicted molar refractivity (Wildman–Crippen MR) is 63.6 cm³/mol. The summed E-state index contributed by atoms with van der Waals surface area (Å²) in [5, 5.41) is -0.286. The van der Waals surface area contributed by atoms with Gasteiger partial charge in [0.1, 0.15) is 5.82 Å². The Labute approximate surface area is 92.7 Å². The summed E-state index contributed by atoms with van der Waals surface area (Å²) in [5.41, 5.74) is 2.62. The molecule has 1 amide bonds. The Morgan fingerprint density at radius 2 is 2.27 bits per heavy atom. The van der Waals surface area contributed by atoms with Gasteiger partial charge in [0.2, 0.25) is 0 Å². The fraction of sp³-hybridized carbons (Fsp3) is 0.200. The number of amides is 1. The summed E-state index contributed by atoms with van der Waals surface area (Å²) in [7, 11) is 1.68. The second-order valence-corrected chi connectivity index (χ2v) is 3.75. The number of nitrogens with one attached hydrogen (secondary N) is 1. The number of H-pyrrole nitrogens is 1. The smallest absolute Gasteiger partial charge is 0.282 e. The van der Waals surface area contributed by atoms with Gasteiger partial charge in [0.05, 0.1) is 11.0 Å². The highest BCUT2D eigenvalue weighted by Crippen LogP contribution is 2.20. The summed E-state index contributed by atoms with van der Waals surface area (Å²) in [6.07, 6.45) is 0. The third-order valence-corrected chi connectivity index (χ3v) is 2.56. The zero-order chi connectivity index (χ0) is 11.0. The van der Waals surface area contributed by atoms with Crippen molar-refractivity contribution in [3.63, 3.8) is 0 Å². The topological polar surface area (TPSA) is 49.0 Å². The van der Waals surface area contributed by atoms with Gasteiger partial charge in [0, 0.05) is 12.7 Å². The Hall–Kier alpha value is -1.49. The van der Waals surface area contributed by atoms with Crippen LogP contribution in [-0.2, 0) is 0 Å². The minimum Gasteiger partial charge on any atom is -0.342 e. The number of thiol groups is 1. The molecule has 5 heteroatoms. The molecule has 78 valence electrons. The first-order valence-electron chi connectivity index (χ1n) is 4.51. The van der Waals surface area contributed by atoms with E-state index in [2.05, 4.69) is 22.6 Å². The first-order chi connectivity index (χ1) is 7.08.